The number of nitrogens with zero attached hydrogens (tertiary/aromatic N) is 1. The van der Waals surface area contributed by atoms with Crippen LogP contribution in [-0.2, 0) is 15.1 Å². The maximum atomic E-state index is 12.2. The summed E-state index contributed by atoms with van der Waals surface area (Å²) in [6, 6.07) is 7.50. The molecule has 2 fully saturated rings. The van der Waals surface area contributed by atoms with Gasteiger partial charge in [0, 0.05) is 16.0 Å². The molecule has 1 aromatic heterocycles. The zero-order chi connectivity index (χ0) is 16.1. The molecule has 4 nitrogen and oxygen atoms in total. The summed E-state index contributed by atoms with van der Waals surface area (Å²) in [6.07, 6.45) is 5.10. The summed E-state index contributed by atoms with van der Waals surface area (Å²) in [4.78, 5) is 16.9. The van der Waals surface area contributed by atoms with Crippen LogP contribution in [0.25, 0.3) is 11.3 Å². The van der Waals surface area contributed by atoms with Gasteiger partial charge in [-0.1, -0.05) is 43.0 Å². The number of aromatic nitrogens is 1. The van der Waals surface area contributed by atoms with Crippen LogP contribution in [-0.4, -0.2) is 16.5 Å². The van der Waals surface area contributed by atoms with E-state index in [0.717, 1.165) is 36.9 Å². The highest BCUT2D eigenvalue weighted by atomic mass is 35.5. The number of halogens is 1. The Morgan fingerprint density at radius 2 is 1.91 bits per heavy atom. The average Bonchev–Trinajstić information content (AvgIpc) is 2.95. The molecule has 1 aromatic carbocycles. The number of carbonyl (C=O) groups is 1. The predicted molar refractivity (Wildman–Crippen MR) is 90.3 cm³/mol. The van der Waals surface area contributed by atoms with E-state index in [-0.39, 0.29) is 0 Å². The Morgan fingerprint density at radius 3 is 2.57 bits per heavy atom. The van der Waals surface area contributed by atoms with E-state index in [1.54, 1.807) is 0 Å². The molecule has 1 atom stereocenters. The minimum absolute atomic E-state index is 0.420. The zero-order valence-corrected chi connectivity index (χ0v) is 14.1. The molecule has 6 heteroatoms. The van der Waals surface area contributed by atoms with Crippen LogP contribution in [0.15, 0.2) is 29.6 Å². The number of hydrogen-bond donors (Lipinski definition) is 1. The lowest BCUT2D eigenvalue weighted by atomic mass is 9.80. The zero-order valence-electron chi connectivity index (χ0n) is 12.5. The van der Waals surface area contributed by atoms with Crippen molar-refractivity contribution in [1.29, 1.82) is 0 Å². The highest BCUT2D eigenvalue weighted by Crippen LogP contribution is 2.63. The summed E-state index contributed by atoms with van der Waals surface area (Å²) in [5, 5.41) is 3.31. The Bertz CT molecular complexity index is 752. The van der Waals surface area contributed by atoms with Crippen LogP contribution in [0.4, 0.5) is 0 Å². The van der Waals surface area contributed by atoms with Crippen molar-refractivity contribution in [2.75, 3.05) is 0 Å². The van der Waals surface area contributed by atoms with Crippen LogP contribution in [0, 0.1) is 0 Å². The van der Waals surface area contributed by atoms with Gasteiger partial charge in [-0.05, 0) is 25.0 Å². The van der Waals surface area contributed by atoms with Crippen molar-refractivity contribution in [3.8, 4) is 11.3 Å². The van der Waals surface area contributed by atoms with Crippen LogP contribution >= 0.6 is 22.9 Å². The van der Waals surface area contributed by atoms with Gasteiger partial charge in [0.05, 0.1) is 5.69 Å². The molecule has 1 saturated carbocycles. The third kappa shape index (κ3) is 2.22. The lowest BCUT2D eigenvalue weighted by molar-refractivity contribution is -0.123. The van der Waals surface area contributed by atoms with Crippen molar-refractivity contribution >= 4 is 28.8 Å². The summed E-state index contributed by atoms with van der Waals surface area (Å²) >= 11 is 7.37. The van der Waals surface area contributed by atoms with Gasteiger partial charge in [0.15, 0.2) is 0 Å². The van der Waals surface area contributed by atoms with Gasteiger partial charge in [0.25, 0.3) is 5.91 Å². The van der Waals surface area contributed by atoms with E-state index in [4.69, 9.17) is 22.1 Å². The molecular weight excluding hydrogens is 332 g/mol. The van der Waals surface area contributed by atoms with Gasteiger partial charge in [-0.15, -0.1) is 11.3 Å². The average molecular weight is 349 g/mol. The molecule has 1 spiro atoms. The summed E-state index contributed by atoms with van der Waals surface area (Å²) in [6.45, 7) is 0. The first-order valence-corrected chi connectivity index (χ1v) is 9.05. The monoisotopic (exact) mass is 348 g/mol. The second-order valence-electron chi connectivity index (χ2n) is 6.25. The maximum absolute atomic E-state index is 12.2. The van der Waals surface area contributed by atoms with Gasteiger partial charge in [0.1, 0.15) is 10.6 Å². The van der Waals surface area contributed by atoms with E-state index in [0.29, 0.717) is 10.0 Å². The van der Waals surface area contributed by atoms with Crippen molar-refractivity contribution < 1.29 is 9.53 Å². The Hall–Kier alpha value is -1.43. The van der Waals surface area contributed by atoms with Crippen LogP contribution in [0.1, 0.15) is 37.1 Å². The van der Waals surface area contributed by atoms with Gasteiger partial charge in [-0.3, -0.25) is 4.79 Å². The Kier molecular flexibility index (Phi) is 3.48. The second kappa shape index (κ2) is 5.30. The fraction of sp³-hybridized carbons (Fsp3) is 0.412. The van der Waals surface area contributed by atoms with Crippen LogP contribution in [0.2, 0.25) is 5.02 Å². The summed E-state index contributed by atoms with van der Waals surface area (Å²) in [5.41, 5.74) is 6.06. The molecule has 2 N–H and O–H groups in total. The number of rotatable bonds is 3. The third-order valence-corrected chi connectivity index (χ3v) is 6.10. The molecule has 23 heavy (non-hydrogen) atoms. The molecule has 0 radical (unpaired) electrons. The number of carbonyl (C=O) groups excluding carboxylic acids is 1. The molecule has 1 amide bonds. The molecule has 1 aliphatic heterocycles. The van der Waals surface area contributed by atoms with Crippen LogP contribution in [0.5, 0.6) is 0 Å². The van der Waals surface area contributed by atoms with Crippen molar-refractivity contribution in [3.05, 3.63) is 39.7 Å². The Balaban J connectivity index is 1.70. The smallest absolute Gasteiger partial charge is 0.259 e. The molecule has 1 saturated heterocycles. The standard InChI is InChI=1S/C17H17ClN2O2S/c18-12-6-4-11(5-7-12)13-10-23-15(20-13)17(14(19)21)16(22-17)8-2-1-3-9-16/h4-7,10H,1-3,8-9H2,(H2,19,21)/t17-/m0/s1. The predicted octanol–water partition coefficient (Wildman–Crippen LogP) is 3.88. The summed E-state index contributed by atoms with van der Waals surface area (Å²) in [5.74, 6) is -0.420. The van der Waals surface area contributed by atoms with Crippen molar-refractivity contribution in [3.63, 3.8) is 0 Å². The van der Waals surface area contributed by atoms with E-state index < -0.39 is 17.1 Å². The van der Waals surface area contributed by atoms with Crippen LogP contribution in [0.3, 0.4) is 0 Å². The number of ether oxygens (including phenoxy) is 1. The van der Waals surface area contributed by atoms with Gasteiger partial charge in [0.2, 0.25) is 5.60 Å². The van der Waals surface area contributed by atoms with Crippen molar-refractivity contribution in [2.24, 2.45) is 5.73 Å². The molecule has 0 unspecified atom stereocenters. The molecule has 2 heterocycles. The molecule has 2 aliphatic rings. The fourth-order valence-corrected chi connectivity index (χ4v) is 4.84. The van der Waals surface area contributed by atoms with Gasteiger partial charge in [-0.2, -0.15) is 0 Å². The normalized spacial score (nSPS) is 25.4. The van der Waals surface area contributed by atoms with Crippen LogP contribution < -0.4 is 5.73 Å². The quantitative estimate of drug-likeness (QED) is 0.856. The largest absolute Gasteiger partial charge is 0.367 e. The highest BCUT2D eigenvalue weighted by molar-refractivity contribution is 7.10. The van der Waals surface area contributed by atoms with Gasteiger partial charge < -0.3 is 10.5 Å². The molecule has 2 aromatic rings. The first kappa shape index (κ1) is 15.1. The Labute approximate surface area is 143 Å². The Morgan fingerprint density at radius 1 is 1.22 bits per heavy atom. The topological polar surface area (TPSA) is 68.5 Å². The first-order chi connectivity index (χ1) is 11.1. The number of thiazole rings is 1. The van der Waals surface area contributed by atoms with Crippen molar-refractivity contribution in [2.45, 2.75) is 43.3 Å². The number of primary amides is 1. The minimum Gasteiger partial charge on any atom is -0.367 e. The van der Waals surface area contributed by atoms with Gasteiger partial charge >= 0.3 is 0 Å². The summed E-state index contributed by atoms with van der Waals surface area (Å²) < 4.78 is 6.00. The van der Waals surface area contributed by atoms with Crippen molar-refractivity contribution in [1.82, 2.24) is 4.98 Å². The molecule has 1 aliphatic carbocycles. The SMILES string of the molecule is NC(=O)[C@@]1(c2nc(-c3ccc(Cl)cc3)cs2)OC12CCCCC2. The van der Waals surface area contributed by atoms with Gasteiger partial charge in [-0.25, -0.2) is 4.98 Å². The number of epoxide rings is 1. The maximum Gasteiger partial charge on any atom is 0.259 e. The molecule has 0 bridgehead atoms. The number of amides is 1. The highest BCUT2D eigenvalue weighted by Gasteiger charge is 2.76. The fourth-order valence-electron chi connectivity index (χ4n) is 3.65. The summed E-state index contributed by atoms with van der Waals surface area (Å²) in [7, 11) is 0. The number of hydrogen-bond acceptors (Lipinski definition) is 4. The van der Waals surface area contributed by atoms with E-state index >= 15 is 0 Å². The lowest BCUT2D eigenvalue weighted by Gasteiger charge is -2.20. The van der Waals surface area contributed by atoms with E-state index in [1.165, 1.54) is 17.8 Å². The third-order valence-electron chi connectivity index (χ3n) is 4.90. The molecular formula is C17H17ClN2O2S. The first-order valence-electron chi connectivity index (χ1n) is 7.79. The van der Waals surface area contributed by atoms with E-state index in [2.05, 4.69) is 4.98 Å². The second-order valence-corrected chi connectivity index (χ2v) is 7.54. The lowest BCUT2D eigenvalue weighted by Crippen LogP contribution is -2.38. The minimum atomic E-state index is -1.03. The number of nitrogens with two attached hydrogens (primary N) is 1. The van der Waals surface area contributed by atoms with E-state index in [1.807, 2.05) is 29.6 Å². The molecule has 4 rings (SSSR count). The molecule has 120 valence electrons. The van der Waals surface area contributed by atoms with E-state index in [9.17, 15) is 4.79 Å². The number of benzene rings is 1.